The molecule has 0 atom stereocenters. The van der Waals surface area contributed by atoms with Crippen LogP contribution in [0.25, 0.3) is 0 Å². The first kappa shape index (κ1) is 9.04. The van der Waals surface area contributed by atoms with Crippen molar-refractivity contribution >= 4 is 34.5 Å². The fourth-order valence-corrected chi connectivity index (χ4v) is 1.03. The van der Waals surface area contributed by atoms with E-state index >= 15 is 0 Å². The van der Waals surface area contributed by atoms with Crippen molar-refractivity contribution in [2.24, 2.45) is 0 Å². The van der Waals surface area contributed by atoms with Gasteiger partial charge >= 0.3 is 0 Å². The summed E-state index contributed by atoms with van der Waals surface area (Å²) in [6.45, 7) is 1.21. The largest absolute Gasteiger partial charge is 0.254 e. The van der Waals surface area contributed by atoms with Gasteiger partial charge in [-0.05, 0) is 19.7 Å². The molecule has 0 amide bonds. The molecule has 0 saturated heterocycles. The molecule has 0 aliphatic carbocycles. The number of nitrogens with zero attached hydrogens (tertiary/aromatic N) is 1. The molecule has 1 nitrogen and oxygen atoms in total. The molecule has 0 heterocycles. The molecule has 0 rings (SSSR count). The highest BCUT2D eigenvalue weighted by atomic mass is 127. The van der Waals surface area contributed by atoms with Gasteiger partial charge in [0.25, 0.3) is 0 Å². The van der Waals surface area contributed by atoms with Gasteiger partial charge in [-0.3, -0.25) is 4.31 Å². The minimum Gasteiger partial charge on any atom is -0.254 e. The molecule has 0 aromatic carbocycles. The highest BCUT2D eigenvalue weighted by Gasteiger charge is 1.90. The van der Waals surface area contributed by atoms with E-state index in [-0.39, 0.29) is 0 Å². The molecule has 0 aliphatic heterocycles. The summed E-state index contributed by atoms with van der Waals surface area (Å²) in [5, 5.41) is 0. The zero-order valence-electron chi connectivity index (χ0n) is 5.35. The fourth-order valence-electron chi connectivity index (χ4n) is 0.374. The van der Waals surface area contributed by atoms with Crippen LogP contribution in [0.4, 0.5) is 0 Å². The van der Waals surface area contributed by atoms with Crippen LogP contribution in [0, 0.1) is 0 Å². The first-order valence-corrected chi connectivity index (χ1v) is 5.33. The molecule has 8 heavy (non-hydrogen) atoms. The van der Waals surface area contributed by atoms with Gasteiger partial charge in [0, 0.05) is 11.0 Å². The third-order valence-electron chi connectivity index (χ3n) is 0.918. The van der Waals surface area contributed by atoms with Crippen LogP contribution in [0.5, 0.6) is 0 Å². The van der Waals surface area contributed by atoms with E-state index in [9.17, 15) is 0 Å². The minimum atomic E-state index is 1.21. The lowest BCUT2D eigenvalue weighted by Crippen LogP contribution is -2.09. The predicted octanol–water partition coefficient (Wildman–Crippen LogP) is 2.02. The van der Waals surface area contributed by atoms with E-state index in [1.165, 1.54) is 17.4 Å². The molecule has 0 aliphatic rings. The zero-order valence-corrected chi connectivity index (χ0v) is 8.33. The third kappa shape index (κ3) is 5.18. The second-order valence-corrected chi connectivity index (χ2v) is 3.64. The van der Waals surface area contributed by atoms with Crippen LogP contribution in [-0.2, 0) is 0 Å². The number of hydrogen-bond donors (Lipinski definition) is 0. The first-order valence-electron chi connectivity index (χ1n) is 2.62. The summed E-state index contributed by atoms with van der Waals surface area (Å²) >= 11 is 4.20. The van der Waals surface area contributed by atoms with Gasteiger partial charge in [-0.1, -0.05) is 34.5 Å². The van der Waals surface area contributed by atoms with Crippen molar-refractivity contribution in [1.29, 1.82) is 0 Å². The van der Waals surface area contributed by atoms with Crippen LogP contribution in [0.2, 0.25) is 0 Å². The van der Waals surface area contributed by atoms with E-state index in [1.807, 2.05) is 0 Å². The van der Waals surface area contributed by atoms with Crippen molar-refractivity contribution < 1.29 is 0 Å². The molecular weight excluding hydrogens is 233 g/mol. The maximum absolute atomic E-state index is 2.40. The zero-order chi connectivity index (χ0) is 6.41. The van der Waals surface area contributed by atoms with Gasteiger partial charge < -0.3 is 0 Å². The predicted molar refractivity (Wildman–Crippen MR) is 49.6 cm³/mol. The third-order valence-corrected chi connectivity index (χ3v) is 2.49. The van der Waals surface area contributed by atoms with Gasteiger partial charge in [0.05, 0.1) is 0 Å². The normalized spacial score (nSPS) is 10.5. The average Bonchev–Trinajstić information content (AvgIpc) is 1.83. The Balaban J connectivity index is 2.86. The van der Waals surface area contributed by atoms with Gasteiger partial charge in [-0.2, -0.15) is 0 Å². The highest BCUT2D eigenvalue weighted by molar-refractivity contribution is 14.1. The van der Waals surface area contributed by atoms with Crippen molar-refractivity contribution in [1.82, 2.24) is 4.31 Å². The topological polar surface area (TPSA) is 3.24 Å². The van der Waals surface area contributed by atoms with Crippen LogP contribution >= 0.6 is 34.5 Å². The second kappa shape index (κ2) is 6.16. The van der Waals surface area contributed by atoms with Crippen LogP contribution in [-0.4, -0.2) is 28.6 Å². The Morgan fingerprint density at radius 1 is 1.62 bits per heavy atom. The Morgan fingerprint density at radius 3 is 2.62 bits per heavy atom. The Bertz CT molecular complexity index is 51.7. The van der Waals surface area contributed by atoms with Crippen LogP contribution in [0.3, 0.4) is 0 Å². The fraction of sp³-hybridized carbons (Fsp3) is 1.00. The van der Waals surface area contributed by atoms with E-state index in [2.05, 4.69) is 40.2 Å². The van der Waals surface area contributed by atoms with Gasteiger partial charge in [-0.25, -0.2) is 0 Å². The summed E-state index contributed by atoms with van der Waals surface area (Å²) in [6, 6.07) is 0. The highest BCUT2D eigenvalue weighted by Crippen LogP contribution is 2.01. The van der Waals surface area contributed by atoms with Crippen molar-refractivity contribution in [3.05, 3.63) is 0 Å². The summed E-state index contributed by atoms with van der Waals surface area (Å²) in [7, 11) is 2.12. The maximum atomic E-state index is 2.40. The Hall–Kier alpha value is 1.04. The second-order valence-electron chi connectivity index (χ2n) is 1.58. The number of hydrogen-bond acceptors (Lipinski definition) is 2. The van der Waals surface area contributed by atoms with E-state index in [0.29, 0.717) is 0 Å². The number of halogens is 1. The lowest BCUT2D eigenvalue weighted by atomic mass is 10.5. The van der Waals surface area contributed by atoms with Crippen LogP contribution < -0.4 is 0 Å². The molecular formula is C5H12INS. The van der Waals surface area contributed by atoms with Crippen molar-refractivity contribution in [3.63, 3.8) is 0 Å². The van der Waals surface area contributed by atoms with E-state index < -0.39 is 0 Å². The molecule has 0 N–H and O–H groups in total. The minimum absolute atomic E-state index is 1.21. The Labute approximate surface area is 69.5 Å². The molecule has 0 bridgehead atoms. The standard InChI is InChI=1S/C5H12INS/c1-7(8-2)5-3-4-6/h3-5H2,1-2H3. The van der Waals surface area contributed by atoms with Gasteiger partial charge in [-0.15, -0.1) is 0 Å². The van der Waals surface area contributed by atoms with Crippen molar-refractivity contribution in [2.45, 2.75) is 6.42 Å². The SMILES string of the molecule is CSN(C)CCCI. The van der Waals surface area contributed by atoms with Crippen LogP contribution in [0.1, 0.15) is 6.42 Å². The molecule has 0 aromatic heterocycles. The lowest BCUT2D eigenvalue weighted by Gasteiger charge is -2.09. The van der Waals surface area contributed by atoms with E-state index in [4.69, 9.17) is 0 Å². The molecule has 0 saturated carbocycles. The van der Waals surface area contributed by atoms with Gasteiger partial charge in [0.1, 0.15) is 0 Å². The smallest absolute Gasteiger partial charge is 0.00934 e. The summed E-state index contributed by atoms with van der Waals surface area (Å²) < 4.78 is 3.52. The molecule has 0 radical (unpaired) electrons. The van der Waals surface area contributed by atoms with E-state index in [0.717, 1.165) is 0 Å². The number of rotatable bonds is 4. The monoisotopic (exact) mass is 245 g/mol. The quantitative estimate of drug-likeness (QED) is 0.423. The molecule has 3 heteroatoms. The van der Waals surface area contributed by atoms with Gasteiger partial charge in [0.2, 0.25) is 0 Å². The summed E-state index contributed by atoms with van der Waals surface area (Å²) in [5.74, 6) is 0. The van der Waals surface area contributed by atoms with Crippen LogP contribution in [0.15, 0.2) is 0 Å². The van der Waals surface area contributed by atoms with Crippen molar-refractivity contribution in [2.75, 3.05) is 24.3 Å². The Kier molecular flexibility index (Phi) is 6.97. The summed E-state index contributed by atoms with van der Waals surface area (Å²) in [6.07, 6.45) is 3.41. The Morgan fingerprint density at radius 2 is 2.25 bits per heavy atom. The maximum Gasteiger partial charge on any atom is 0.00934 e. The molecule has 0 unspecified atom stereocenters. The van der Waals surface area contributed by atoms with Gasteiger partial charge in [0.15, 0.2) is 0 Å². The molecule has 50 valence electrons. The summed E-state index contributed by atoms with van der Waals surface area (Å²) in [4.78, 5) is 0. The first-order chi connectivity index (χ1) is 3.81. The molecule has 0 fully saturated rings. The molecule has 0 spiro atoms. The van der Waals surface area contributed by atoms with E-state index in [1.54, 1.807) is 11.9 Å². The average molecular weight is 245 g/mol. The lowest BCUT2D eigenvalue weighted by molar-refractivity contribution is 0.566. The molecule has 0 aromatic rings. The summed E-state index contributed by atoms with van der Waals surface area (Å²) in [5.41, 5.74) is 0. The number of alkyl halides is 1. The van der Waals surface area contributed by atoms with Crippen molar-refractivity contribution in [3.8, 4) is 0 Å².